The molecule has 21 heavy (non-hydrogen) atoms. The molecule has 0 fully saturated rings. The van der Waals surface area contributed by atoms with Crippen molar-refractivity contribution in [1.82, 2.24) is 4.98 Å². The van der Waals surface area contributed by atoms with Crippen LogP contribution in [-0.4, -0.2) is 32.6 Å². The van der Waals surface area contributed by atoms with E-state index in [2.05, 4.69) is 4.98 Å². The van der Waals surface area contributed by atoms with Crippen molar-refractivity contribution in [2.45, 2.75) is 0 Å². The molecule has 0 saturated heterocycles. The van der Waals surface area contributed by atoms with Gasteiger partial charge in [-0.1, -0.05) is 22.9 Å². The van der Waals surface area contributed by atoms with Crippen LogP contribution >= 0.6 is 22.9 Å². The van der Waals surface area contributed by atoms with Gasteiger partial charge in [-0.05, 0) is 0 Å². The van der Waals surface area contributed by atoms with Crippen molar-refractivity contribution in [1.29, 1.82) is 0 Å². The topological polar surface area (TPSA) is 66.9 Å². The number of hydrogen-bond acceptors (Lipinski definition) is 7. The minimum absolute atomic E-state index is 0.109. The van der Waals surface area contributed by atoms with Crippen LogP contribution in [0.2, 0.25) is 5.15 Å². The Kier molecular flexibility index (Phi) is 4.87. The van der Waals surface area contributed by atoms with Crippen molar-refractivity contribution in [2.24, 2.45) is 0 Å². The number of benzene rings is 1. The van der Waals surface area contributed by atoms with Crippen LogP contribution in [0.4, 0.5) is 0 Å². The lowest BCUT2D eigenvalue weighted by Crippen LogP contribution is -1.96. The number of methoxy groups -OCH3 is 3. The normalized spacial score (nSPS) is 10.1. The summed E-state index contributed by atoms with van der Waals surface area (Å²) in [5, 5.41) is 0.355. The molecule has 112 valence electrons. The Bertz CT molecular complexity index is 633. The van der Waals surface area contributed by atoms with Crippen molar-refractivity contribution in [2.75, 3.05) is 21.3 Å². The minimum Gasteiger partial charge on any atom is -0.493 e. The summed E-state index contributed by atoms with van der Waals surface area (Å²) < 4.78 is 21.2. The van der Waals surface area contributed by atoms with Crippen LogP contribution in [0.25, 0.3) is 0 Å². The number of thiazole rings is 1. The predicted octanol–water partition coefficient (Wildman–Crippen LogP) is 3.43. The lowest BCUT2D eigenvalue weighted by Gasteiger charge is -2.13. The molecule has 0 amide bonds. The van der Waals surface area contributed by atoms with E-state index in [1.165, 1.54) is 21.3 Å². The molecule has 0 unspecified atom stereocenters. The second-order valence-electron chi connectivity index (χ2n) is 3.72. The van der Waals surface area contributed by atoms with Gasteiger partial charge in [0.05, 0.1) is 21.3 Å². The standard InChI is InChI=1S/C13H12ClNO5S/c1-17-8-4-7(5-9(18-2)11(8)19-3)20-13-15-12(14)10(6-16)21-13/h4-6H,1-3H3. The number of aldehydes is 1. The molecule has 1 heterocycles. The summed E-state index contributed by atoms with van der Waals surface area (Å²) in [6, 6.07) is 3.24. The highest BCUT2D eigenvalue weighted by molar-refractivity contribution is 7.15. The Morgan fingerprint density at radius 1 is 1.14 bits per heavy atom. The second kappa shape index (κ2) is 6.64. The van der Waals surface area contributed by atoms with E-state index >= 15 is 0 Å². The first-order valence-electron chi connectivity index (χ1n) is 5.72. The Morgan fingerprint density at radius 2 is 1.76 bits per heavy atom. The van der Waals surface area contributed by atoms with Gasteiger partial charge in [0.2, 0.25) is 5.75 Å². The molecule has 2 rings (SSSR count). The molecule has 1 aromatic carbocycles. The summed E-state index contributed by atoms with van der Waals surface area (Å²) in [7, 11) is 4.52. The molecule has 0 aliphatic heterocycles. The zero-order valence-electron chi connectivity index (χ0n) is 11.5. The van der Waals surface area contributed by atoms with Crippen LogP contribution < -0.4 is 18.9 Å². The molecule has 0 aliphatic carbocycles. The van der Waals surface area contributed by atoms with Crippen molar-refractivity contribution in [3.63, 3.8) is 0 Å². The van der Waals surface area contributed by atoms with Crippen LogP contribution in [0.5, 0.6) is 28.2 Å². The number of hydrogen-bond donors (Lipinski definition) is 0. The van der Waals surface area contributed by atoms with E-state index in [9.17, 15) is 4.79 Å². The summed E-state index contributed by atoms with van der Waals surface area (Å²) in [6.45, 7) is 0. The molecule has 1 aromatic heterocycles. The maximum absolute atomic E-state index is 10.8. The summed E-state index contributed by atoms with van der Waals surface area (Å²) in [6.07, 6.45) is 0.627. The summed E-state index contributed by atoms with van der Waals surface area (Å²) >= 11 is 6.84. The Balaban J connectivity index is 2.37. The van der Waals surface area contributed by atoms with Gasteiger partial charge in [0.15, 0.2) is 22.9 Å². The van der Waals surface area contributed by atoms with Gasteiger partial charge in [-0.15, -0.1) is 0 Å². The van der Waals surface area contributed by atoms with Crippen LogP contribution in [0.3, 0.4) is 0 Å². The van der Waals surface area contributed by atoms with Crippen molar-refractivity contribution in [3.05, 3.63) is 22.2 Å². The number of halogens is 1. The van der Waals surface area contributed by atoms with Gasteiger partial charge in [0.25, 0.3) is 5.19 Å². The molecule has 0 spiro atoms. The lowest BCUT2D eigenvalue weighted by molar-refractivity contribution is 0.112. The van der Waals surface area contributed by atoms with Gasteiger partial charge in [-0.3, -0.25) is 4.79 Å². The monoisotopic (exact) mass is 329 g/mol. The number of nitrogens with zero attached hydrogens (tertiary/aromatic N) is 1. The van der Waals surface area contributed by atoms with Gasteiger partial charge in [-0.25, -0.2) is 0 Å². The summed E-state index contributed by atoms with van der Waals surface area (Å²) in [4.78, 5) is 15.0. The van der Waals surface area contributed by atoms with E-state index in [1.54, 1.807) is 12.1 Å². The predicted molar refractivity (Wildman–Crippen MR) is 78.7 cm³/mol. The average Bonchev–Trinajstić information content (AvgIpc) is 2.85. The smallest absolute Gasteiger partial charge is 0.280 e. The lowest BCUT2D eigenvalue weighted by atomic mass is 10.2. The average molecular weight is 330 g/mol. The SMILES string of the molecule is COc1cc(Oc2nc(Cl)c(C=O)s2)cc(OC)c1OC. The maximum atomic E-state index is 10.8. The first-order chi connectivity index (χ1) is 10.1. The second-order valence-corrected chi connectivity index (χ2v) is 5.07. The molecule has 0 aliphatic rings. The Morgan fingerprint density at radius 3 is 2.19 bits per heavy atom. The van der Waals surface area contributed by atoms with Crippen LogP contribution in [0.1, 0.15) is 9.67 Å². The third kappa shape index (κ3) is 3.20. The maximum Gasteiger partial charge on any atom is 0.280 e. The zero-order chi connectivity index (χ0) is 15.4. The number of aromatic nitrogens is 1. The molecular weight excluding hydrogens is 318 g/mol. The third-order valence-electron chi connectivity index (χ3n) is 2.54. The van der Waals surface area contributed by atoms with Gasteiger partial charge in [0.1, 0.15) is 10.6 Å². The van der Waals surface area contributed by atoms with Gasteiger partial charge < -0.3 is 18.9 Å². The molecule has 0 atom stereocenters. The van der Waals surface area contributed by atoms with Crippen LogP contribution in [-0.2, 0) is 0 Å². The molecule has 0 radical (unpaired) electrons. The number of carbonyl (C=O) groups excluding carboxylic acids is 1. The first-order valence-corrected chi connectivity index (χ1v) is 6.91. The number of carbonyl (C=O) groups is 1. The summed E-state index contributed by atoms with van der Waals surface area (Å²) in [5.74, 6) is 1.78. The van der Waals surface area contributed by atoms with Crippen molar-refractivity contribution >= 4 is 29.2 Å². The fourth-order valence-electron chi connectivity index (χ4n) is 1.63. The number of ether oxygens (including phenoxy) is 4. The highest BCUT2D eigenvalue weighted by atomic mass is 35.5. The highest BCUT2D eigenvalue weighted by Crippen LogP contribution is 2.42. The van der Waals surface area contributed by atoms with E-state index < -0.39 is 0 Å². The summed E-state index contributed by atoms with van der Waals surface area (Å²) in [5.41, 5.74) is 0. The largest absolute Gasteiger partial charge is 0.493 e. The molecular formula is C13H12ClNO5S. The minimum atomic E-state index is 0.109. The van der Waals surface area contributed by atoms with Crippen molar-refractivity contribution in [3.8, 4) is 28.2 Å². The van der Waals surface area contributed by atoms with Gasteiger partial charge in [0, 0.05) is 12.1 Å². The van der Waals surface area contributed by atoms with Gasteiger partial charge >= 0.3 is 0 Å². The van der Waals surface area contributed by atoms with E-state index in [-0.39, 0.29) is 10.3 Å². The Labute approximate surface area is 130 Å². The van der Waals surface area contributed by atoms with E-state index in [0.717, 1.165) is 11.3 Å². The van der Waals surface area contributed by atoms with E-state index in [4.69, 9.17) is 30.5 Å². The van der Waals surface area contributed by atoms with E-state index in [1.807, 2.05) is 0 Å². The van der Waals surface area contributed by atoms with Gasteiger partial charge in [-0.2, -0.15) is 4.98 Å². The molecule has 0 saturated carbocycles. The fourth-order valence-corrected chi connectivity index (χ4v) is 2.56. The fraction of sp³-hybridized carbons (Fsp3) is 0.231. The molecule has 8 heteroatoms. The quantitative estimate of drug-likeness (QED) is 0.756. The van der Waals surface area contributed by atoms with Crippen molar-refractivity contribution < 1.29 is 23.7 Å². The zero-order valence-corrected chi connectivity index (χ0v) is 13.1. The molecule has 0 bridgehead atoms. The highest BCUT2D eigenvalue weighted by Gasteiger charge is 2.16. The van der Waals surface area contributed by atoms with Crippen LogP contribution in [0, 0.1) is 0 Å². The molecule has 0 N–H and O–H groups in total. The molecule has 6 nitrogen and oxygen atoms in total. The third-order valence-corrected chi connectivity index (χ3v) is 3.80. The molecule has 2 aromatic rings. The van der Waals surface area contributed by atoms with Crippen LogP contribution in [0.15, 0.2) is 12.1 Å². The Hall–Kier alpha value is -1.99. The van der Waals surface area contributed by atoms with E-state index in [0.29, 0.717) is 34.2 Å². The number of rotatable bonds is 6. The first kappa shape index (κ1) is 15.4.